The summed E-state index contributed by atoms with van der Waals surface area (Å²) in [7, 11) is 0. The van der Waals surface area contributed by atoms with Crippen molar-refractivity contribution in [3.8, 4) is 0 Å². The molecule has 2 rings (SSSR count). The van der Waals surface area contributed by atoms with Gasteiger partial charge in [-0.05, 0) is 25.8 Å². The van der Waals surface area contributed by atoms with E-state index in [0.717, 1.165) is 29.0 Å². The van der Waals surface area contributed by atoms with Crippen LogP contribution in [0.5, 0.6) is 0 Å². The van der Waals surface area contributed by atoms with E-state index in [1.54, 1.807) is 11.3 Å². The van der Waals surface area contributed by atoms with Crippen LogP contribution in [0, 0.1) is 0 Å². The lowest BCUT2D eigenvalue weighted by Crippen LogP contribution is -2.11. The number of carbonyl (C=O) groups excluding carboxylic acids is 1. The molecule has 0 spiro atoms. The van der Waals surface area contributed by atoms with Crippen LogP contribution in [0.25, 0.3) is 6.08 Å². The molecular formula is C10H11NO2S. The number of fused-ring (bicyclic) bond motifs is 1. The molecule has 1 aliphatic rings. The number of ether oxygens (including phenoxy) is 1. The first-order valence-corrected chi connectivity index (χ1v) is 5.49. The van der Waals surface area contributed by atoms with Crippen LogP contribution in [0.2, 0.25) is 0 Å². The minimum Gasteiger partial charge on any atom is -0.463 e. The molecule has 14 heavy (non-hydrogen) atoms. The molecule has 0 atom stereocenters. The molecule has 0 N–H and O–H groups in total. The Labute approximate surface area is 86.4 Å². The summed E-state index contributed by atoms with van der Waals surface area (Å²) < 4.78 is 4.95. The van der Waals surface area contributed by atoms with Crippen LogP contribution < -0.4 is 0 Å². The van der Waals surface area contributed by atoms with Crippen LogP contribution in [0.15, 0.2) is 11.1 Å². The van der Waals surface area contributed by atoms with Crippen LogP contribution in [0.3, 0.4) is 0 Å². The second-order valence-electron chi connectivity index (χ2n) is 3.05. The molecule has 0 bridgehead atoms. The molecule has 4 heteroatoms. The zero-order valence-corrected chi connectivity index (χ0v) is 8.76. The quantitative estimate of drug-likeness (QED) is 0.700. The second-order valence-corrected chi connectivity index (χ2v) is 3.94. The molecule has 1 aromatic heterocycles. The van der Waals surface area contributed by atoms with E-state index < -0.39 is 0 Å². The standard InChI is InChI=1S/C10H11NO2S/c1-2-13-10(12)7-3-4-8-9(5-7)14-6-11-8/h5-6H,2-4H2,1H3. The first-order valence-electron chi connectivity index (χ1n) is 4.61. The third kappa shape index (κ3) is 1.70. The molecular weight excluding hydrogens is 198 g/mol. The fourth-order valence-electron chi connectivity index (χ4n) is 1.45. The molecule has 0 saturated carbocycles. The summed E-state index contributed by atoms with van der Waals surface area (Å²) in [5.74, 6) is -0.188. The van der Waals surface area contributed by atoms with Gasteiger partial charge in [0.05, 0.1) is 22.7 Å². The molecule has 0 aliphatic heterocycles. The monoisotopic (exact) mass is 209 g/mol. The Morgan fingerprint density at radius 3 is 3.29 bits per heavy atom. The van der Waals surface area contributed by atoms with Crippen LogP contribution >= 0.6 is 11.3 Å². The largest absolute Gasteiger partial charge is 0.463 e. The van der Waals surface area contributed by atoms with Crippen molar-refractivity contribution >= 4 is 23.4 Å². The first kappa shape index (κ1) is 9.40. The van der Waals surface area contributed by atoms with Gasteiger partial charge in [0.15, 0.2) is 0 Å². The minimum atomic E-state index is -0.188. The van der Waals surface area contributed by atoms with Gasteiger partial charge in [0.25, 0.3) is 0 Å². The smallest absolute Gasteiger partial charge is 0.334 e. The number of carbonyl (C=O) groups is 1. The Bertz CT molecular complexity index is 381. The van der Waals surface area contributed by atoms with Gasteiger partial charge < -0.3 is 4.74 Å². The van der Waals surface area contributed by atoms with Crippen LogP contribution in [-0.4, -0.2) is 17.6 Å². The lowest BCUT2D eigenvalue weighted by molar-refractivity contribution is -0.138. The minimum absolute atomic E-state index is 0.188. The van der Waals surface area contributed by atoms with Crippen molar-refractivity contribution in [1.82, 2.24) is 4.98 Å². The Hall–Kier alpha value is -1.16. The molecule has 0 saturated heterocycles. The van der Waals surface area contributed by atoms with Crippen LogP contribution in [-0.2, 0) is 16.0 Å². The fourth-order valence-corrected chi connectivity index (χ4v) is 2.25. The number of rotatable bonds is 2. The van der Waals surface area contributed by atoms with E-state index in [1.165, 1.54) is 0 Å². The number of thiazole rings is 1. The number of hydrogen-bond acceptors (Lipinski definition) is 4. The third-order valence-corrected chi connectivity index (χ3v) is 2.96. The van der Waals surface area contributed by atoms with E-state index in [1.807, 2.05) is 18.5 Å². The molecule has 0 radical (unpaired) electrons. The van der Waals surface area contributed by atoms with Crippen molar-refractivity contribution in [3.63, 3.8) is 0 Å². The van der Waals surface area contributed by atoms with Gasteiger partial charge in [-0.1, -0.05) is 0 Å². The van der Waals surface area contributed by atoms with Gasteiger partial charge in [0.2, 0.25) is 0 Å². The van der Waals surface area contributed by atoms with E-state index in [4.69, 9.17) is 4.74 Å². The van der Waals surface area contributed by atoms with E-state index in [0.29, 0.717) is 6.61 Å². The zero-order chi connectivity index (χ0) is 9.97. The Morgan fingerprint density at radius 1 is 1.64 bits per heavy atom. The number of aromatic nitrogens is 1. The second kappa shape index (κ2) is 3.92. The maximum Gasteiger partial charge on any atom is 0.334 e. The van der Waals surface area contributed by atoms with Gasteiger partial charge in [-0.25, -0.2) is 9.78 Å². The first-order chi connectivity index (χ1) is 6.81. The summed E-state index contributed by atoms with van der Waals surface area (Å²) in [5.41, 5.74) is 3.68. The summed E-state index contributed by atoms with van der Waals surface area (Å²) in [4.78, 5) is 16.7. The van der Waals surface area contributed by atoms with Crippen molar-refractivity contribution in [3.05, 3.63) is 21.7 Å². The van der Waals surface area contributed by atoms with Gasteiger partial charge in [0, 0.05) is 5.57 Å². The average molecular weight is 209 g/mol. The summed E-state index contributed by atoms with van der Waals surface area (Å²) in [6, 6.07) is 0. The van der Waals surface area contributed by atoms with Crippen molar-refractivity contribution < 1.29 is 9.53 Å². The number of hydrogen-bond donors (Lipinski definition) is 0. The van der Waals surface area contributed by atoms with Crippen molar-refractivity contribution in [2.45, 2.75) is 19.8 Å². The molecule has 1 aromatic rings. The van der Waals surface area contributed by atoms with Gasteiger partial charge in [-0.15, -0.1) is 11.3 Å². The van der Waals surface area contributed by atoms with Crippen LogP contribution in [0.1, 0.15) is 23.9 Å². The summed E-state index contributed by atoms with van der Waals surface area (Å²) in [6.07, 6.45) is 3.49. The van der Waals surface area contributed by atoms with Crippen molar-refractivity contribution in [1.29, 1.82) is 0 Å². The highest BCUT2D eigenvalue weighted by Gasteiger charge is 2.18. The van der Waals surface area contributed by atoms with E-state index in [9.17, 15) is 4.79 Å². The van der Waals surface area contributed by atoms with Crippen molar-refractivity contribution in [2.24, 2.45) is 0 Å². The maximum absolute atomic E-state index is 11.4. The summed E-state index contributed by atoms with van der Waals surface area (Å²) in [6.45, 7) is 2.26. The molecule has 1 aliphatic carbocycles. The Balaban J connectivity index is 2.20. The Morgan fingerprint density at radius 2 is 2.50 bits per heavy atom. The predicted molar refractivity (Wildman–Crippen MR) is 55.0 cm³/mol. The highest BCUT2D eigenvalue weighted by atomic mass is 32.1. The van der Waals surface area contributed by atoms with Crippen molar-refractivity contribution in [2.75, 3.05) is 6.61 Å². The summed E-state index contributed by atoms with van der Waals surface area (Å²) in [5, 5.41) is 0. The highest BCUT2D eigenvalue weighted by molar-refractivity contribution is 7.10. The Kier molecular flexibility index (Phi) is 2.63. The lowest BCUT2D eigenvalue weighted by Gasteiger charge is -2.10. The molecule has 0 amide bonds. The van der Waals surface area contributed by atoms with E-state index >= 15 is 0 Å². The predicted octanol–water partition coefficient (Wildman–Crippen LogP) is 2.04. The van der Waals surface area contributed by atoms with Gasteiger partial charge in [-0.2, -0.15) is 0 Å². The van der Waals surface area contributed by atoms with Gasteiger partial charge in [-0.3, -0.25) is 0 Å². The number of nitrogens with zero attached hydrogens (tertiary/aromatic N) is 1. The SMILES string of the molecule is CCOC(=O)C1=Cc2scnc2CC1. The van der Waals surface area contributed by atoms with E-state index in [2.05, 4.69) is 4.98 Å². The topological polar surface area (TPSA) is 39.2 Å². The third-order valence-electron chi connectivity index (χ3n) is 2.15. The molecule has 1 heterocycles. The zero-order valence-electron chi connectivity index (χ0n) is 7.95. The maximum atomic E-state index is 11.4. The normalized spacial score (nSPS) is 14.5. The molecule has 74 valence electrons. The van der Waals surface area contributed by atoms with E-state index in [-0.39, 0.29) is 5.97 Å². The molecule has 3 nitrogen and oxygen atoms in total. The fraction of sp³-hybridized carbons (Fsp3) is 0.400. The van der Waals surface area contributed by atoms with Gasteiger partial charge in [0.1, 0.15) is 0 Å². The average Bonchev–Trinajstić information content (AvgIpc) is 2.64. The molecule has 0 aromatic carbocycles. The highest BCUT2D eigenvalue weighted by Crippen LogP contribution is 2.26. The molecule has 0 fully saturated rings. The molecule has 0 unspecified atom stereocenters. The van der Waals surface area contributed by atoms with Gasteiger partial charge >= 0.3 is 5.97 Å². The van der Waals surface area contributed by atoms with Crippen LogP contribution in [0.4, 0.5) is 0 Å². The summed E-state index contributed by atoms with van der Waals surface area (Å²) >= 11 is 1.57. The number of aryl methyl sites for hydroxylation is 1. The number of esters is 1. The lowest BCUT2D eigenvalue weighted by atomic mass is 10.0.